The Morgan fingerprint density at radius 3 is 3.00 bits per heavy atom. The number of nitrogens with two attached hydrogens (primary N) is 1. The molecule has 0 spiro atoms. The van der Waals surface area contributed by atoms with E-state index in [4.69, 9.17) is 10.6 Å². The second-order valence-corrected chi connectivity index (χ2v) is 5.32. The number of aromatic nitrogens is 1. The Hall–Kier alpha value is -1.71. The molecule has 1 heterocycles. The number of nitrogens with zero attached hydrogens (tertiary/aromatic N) is 2. The molecule has 0 aliphatic carbocycles. The summed E-state index contributed by atoms with van der Waals surface area (Å²) in [6.45, 7) is 0.263. The molecule has 2 rings (SSSR count). The maximum absolute atomic E-state index is 10.8. The standard InChI is InChI=1S/C10H9BrN4O3S/c11-9-7(15(16)17)2-1-3-8(9)18-5-6-4-13-10(14-12)19-6/h1-4H,5,12H2,(H,13,14). The molecule has 0 saturated carbocycles. The highest BCUT2D eigenvalue weighted by molar-refractivity contribution is 9.10. The first-order valence-electron chi connectivity index (χ1n) is 5.09. The van der Waals surface area contributed by atoms with Gasteiger partial charge in [-0.1, -0.05) is 17.4 Å². The normalized spacial score (nSPS) is 10.2. The Balaban J connectivity index is 2.11. The molecule has 100 valence electrons. The van der Waals surface area contributed by atoms with Crippen LogP contribution < -0.4 is 16.0 Å². The van der Waals surface area contributed by atoms with Gasteiger partial charge in [-0.05, 0) is 22.0 Å². The van der Waals surface area contributed by atoms with Gasteiger partial charge in [0.05, 0.1) is 9.80 Å². The van der Waals surface area contributed by atoms with Gasteiger partial charge in [-0.25, -0.2) is 10.8 Å². The van der Waals surface area contributed by atoms with Gasteiger partial charge in [-0.3, -0.25) is 15.5 Å². The molecule has 0 atom stereocenters. The van der Waals surface area contributed by atoms with E-state index in [-0.39, 0.29) is 12.3 Å². The van der Waals surface area contributed by atoms with Crippen molar-refractivity contribution in [2.45, 2.75) is 6.61 Å². The number of hydrogen-bond donors (Lipinski definition) is 2. The van der Waals surface area contributed by atoms with Crippen LogP contribution in [0.25, 0.3) is 0 Å². The van der Waals surface area contributed by atoms with Crippen LogP contribution >= 0.6 is 27.3 Å². The van der Waals surface area contributed by atoms with Gasteiger partial charge in [0.2, 0.25) is 0 Å². The third kappa shape index (κ3) is 3.19. The van der Waals surface area contributed by atoms with Crippen LogP contribution in [0.1, 0.15) is 4.88 Å². The van der Waals surface area contributed by atoms with E-state index in [0.29, 0.717) is 15.4 Å². The summed E-state index contributed by atoms with van der Waals surface area (Å²) in [6, 6.07) is 4.62. The fourth-order valence-electron chi connectivity index (χ4n) is 1.34. The highest BCUT2D eigenvalue weighted by atomic mass is 79.9. The van der Waals surface area contributed by atoms with Crippen molar-refractivity contribution in [1.29, 1.82) is 0 Å². The van der Waals surface area contributed by atoms with E-state index in [2.05, 4.69) is 26.3 Å². The topological polar surface area (TPSA) is 103 Å². The van der Waals surface area contributed by atoms with E-state index in [1.165, 1.54) is 17.4 Å². The fourth-order valence-corrected chi connectivity index (χ4v) is 2.50. The van der Waals surface area contributed by atoms with Crippen LogP contribution in [0.2, 0.25) is 0 Å². The van der Waals surface area contributed by atoms with Crippen LogP contribution in [-0.2, 0) is 6.61 Å². The average Bonchev–Trinajstić information content (AvgIpc) is 2.85. The first kappa shape index (κ1) is 13.7. The van der Waals surface area contributed by atoms with Gasteiger partial charge < -0.3 is 4.74 Å². The molecule has 0 aliphatic rings. The Kier molecular flexibility index (Phi) is 4.30. The number of thiazole rings is 1. The number of ether oxygens (including phenoxy) is 1. The summed E-state index contributed by atoms with van der Waals surface area (Å²) in [5, 5.41) is 11.4. The summed E-state index contributed by atoms with van der Waals surface area (Å²) in [5.74, 6) is 5.63. The maximum Gasteiger partial charge on any atom is 0.287 e. The zero-order valence-electron chi connectivity index (χ0n) is 9.50. The Morgan fingerprint density at radius 2 is 2.37 bits per heavy atom. The van der Waals surface area contributed by atoms with Crippen molar-refractivity contribution in [3.63, 3.8) is 0 Å². The molecule has 0 bridgehead atoms. The van der Waals surface area contributed by atoms with Crippen LogP contribution in [0.3, 0.4) is 0 Å². The number of hydrogen-bond acceptors (Lipinski definition) is 7. The van der Waals surface area contributed by atoms with Crippen molar-refractivity contribution in [2.24, 2.45) is 5.84 Å². The average molecular weight is 345 g/mol. The van der Waals surface area contributed by atoms with E-state index >= 15 is 0 Å². The lowest BCUT2D eigenvalue weighted by Gasteiger charge is -2.06. The number of nitrogen functional groups attached to an aromatic ring is 1. The summed E-state index contributed by atoms with van der Waals surface area (Å²) in [4.78, 5) is 15.2. The summed E-state index contributed by atoms with van der Waals surface area (Å²) < 4.78 is 5.84. The summed E-state index contributed by atoms with van der Waals surface area (Å²) in [7, 11) is 0. The molecular formula is C10H9BrN4O3S. The molecule has 0 unspecified atom stereocenters. The summed E-state index contributed by atoms with van der Waals surface area (Å²) >= 11 is 4.51. The maximum atomic E-state index is 10.8. The van der Waals surface area contributed by atoms with E-state index in [9.17, 15) is 10.1 Å². The number of halogens is 1. The van der Waals surface area contributed by atoms with Gasteiger partial charge in [0.1, 0.15) is 16.8 Å². The van der Waals surface area contributed by atoms with Crippen molar-refractivity contribution in [2.75, 3.05) is 5.43 Å². The van der Waals surface area contributed by atoms with E-state index in [0.717, 1.165) is 4.88 Å². The monoisotopic (exact) mass is 344 g/mol. The van der Waals surface area contributed by atoms with Gasteiger partial charge in [0.15, 0.2) is 5.13 Å². The number of rotatable bonds is 5. The number of benzene rings is 1. The molecule has 2 aromatic rings. The van der Waals surface area contributed by atoms with Gasteiger partial charge in [0, 0.05) is 12.3 Å². The minimum Gasteiger partial charge on any atom is -0.487 e. The predicted octanol–water partition coefficient (Wildman–Crippen LogP) is 2.68. The van der Waals surface area contributed by atoms with Crippen LogP contribution in [-0.4, -0.2) is 9.91 Å². The fraction of sp³-hybridized carbons (Fsp3) is 0.100. The van der Waals surface area contributed by atoms with Crippen molar-refractivity contribution < 1.29 is 9.66 Å². The van der Waals surface area contributed by atoms with Crippen LogP contribution in [0.15, 0.2) is 28.9 Å². The minimum absolute atomic E-state index is 0.0360. The second-order valence-electron chi connectivity index (χ2n) is 3.41. The molecule has 0 fully saturated rings. The molecule has 0 radical (unpaired) electrons. The SMILES string of the molecule is NNc1ncc(COc2cccc([N+](=O)[O-])c2Br)s1. The van der Waals surface area contributed by atoms with Crippen molar-refractivity contribution in [1.82, 2.24) is 4.98 Å². The summed E-state index contributed by atoms with van der Waals surface area (Å²) in [6.07, 6.45) is 1.63. The third-order valence-corrected chi connectivity index (χ3v) is 3.89. The van der Waals surface area contributed by atoms with Crippen molar-refractivity contribution in [3.8, 4) is 5.75 Å². The number of anilines is 1. The molecule has 3 N–H and O–H groups in total. The number of nitro groups is 1. The summed E-state index contributed by atoms with van der Waals surface area (Å²) in [5.41, 5.74) is 2.40. The van der Waals surface area contributed by atoms with Crippen molar-refractivity contribution in [3.05, 3.63) is 43.9 Å². The zero-order chi connectivity index (χ0) is 13.8. The highest BCUT2D eigenvalue weighted by Gasteiger charge is 2.16. The molecule has 9 heteroatoms. The minimum atomic E-state index is -0.472. The number of hydrazine groups is 1. The van der Waals surface area contributed by atoms with Gasteiger partial charge in [-0.15, -0.1) is 0 Å². The number of nitrogens with one attached hydrogen (secondary N) is 1. The highest BCUT2D eigenvalue weighted by Crippen LogP contribution is 2.34. The Labute approximate surface area is 120 Å². The molecule has 7 nitrogen and oxygen atoms in total. The van der Waals surface area contributed by atoms with Gasteiger partial charge in [0.25, 0.3) is 5.69 Å². The Morgan fingerprint density at radius 1 is 1.58 bits per heavy atom. The molecule has 1 aromatic carbocycles. The number of nitro benzene ring substituents is 1. The molecular weight excluding hydrogens is 336 g/mol. The van der Waals surface area contributed by atoms with E-state index in [1.807, 2.05) is 0 Å². The quantitative estimate of drug-likeness (QED) is 0.491. The van der Waals surface area contributed by atoms with Gasteiger partial charge >= 0.3 is 0 Å². The van der Waals surface area contributed by atoms with Crippen LogP contribution in [0, 0.1) is 10.1 Å². The first-order chi connectivity index (χ1) is 9.11. The zero-order valence-corrected chi connectivity index (χ0v) is 11.9. The lowest BCUT2D eigenvalue weighted by Crippen LogP contribution is -2.05. The predicted molar refractivity (Wildman–Crippen MR) is 75.1 cm³/mol. The first-order valence-corrected chi connectivity index (χ1v) is 6.70. The molecule has 1 aromatic heterocycles. The lowest BCUT2D eigenvalue weighted by molar-refractivity contribution is -0.385. The van der Waals surface area contributed by atoms with Crippen LogP contribution in [0.5, 0.6) is 5.75 Å². The lowest BCUT2D eigenvalue weighted by atomic mass is 10.3. The Bertz CT molecular complexity index is 604. The smallest absolute Gasteiger partial charge is 0.287 e. The van der Waals surface area contributed by atoms with Crippen LogP contribution in [0.4, 0.5) is 10.8 Å². The third-order valence-electron chi connectivity index (χ3n) is 2.19. The second kappa shape index (κ2) is 5.95. The van der Waals surface area contributed by atoms with Gasteiger partial charge in [-0.2, -0.15) is 0 Å². The largest absolute Gasteiger partial charge is 0.487 e. The van der Waals surface area contributed by atoms with E-state index in [1.54, 1.807) is 18.3 Å². The molecule has 19 heavy (non-hydrogen) atoms. The molecule has 0 amide bonds. The molecule has 0 saturated heterocycles. The van der Waals surface area contributed by atoms with Crippen molar-refractivity contribution >= 4 is 38.1 Å². The van der Waals surface area contributed by atoms with E-state index < -0.39 is 4.92 Å². The molecule has 0 aliphatic heterocycles.